The maximum Gasteiger partial charge on any atom is 0.319 e. The second kappa shape index (κ2) is 6.31. The lowest BCUT2D eigenvalue weighted by Gasteiger charge is -2.20. The largest absolute Gasteiger partial charge is 0.350 e. The van der Waals surface area contributed by atoms with E-state index in [1.165, 1.54) is 0 Å². The van der Waals surface area contributed by atoms with Crippen LogP contribution >= 0.6 is 0 Å². The molecule has 1 aromatic carbocycles. The van der Waals surface area contributed by atoms with Gasteiger partial charge in [-0.3, -0.25) is 4.79 Å². The summed E-state index contributed by atoms with van der Waals surface area (Å²) in [5.74, 6) is -2.00. The number of benzene rings is 1. The summed E-state index contributed by atoms with van der Waals surface area (Å²) in [4.78, 5) is 22.9. The summed E-state index contributed by atoms with van der Waals surface area (Å²) < 4.78 is 25.9. The number of urea groups is 1. The lowest BCUT2D eigenvalue weighted by Crippen LogP contribution is -2.46. The molecule has 0 aliphatic heterocycles. The zero-order valence-corrected chi connectivity index (χ0v) is 11.5. The van der Waals surface area contributed by atoms with Crippen molar-refractivity contribution in [2.75, 3.05) is 11.9 Å². The Balaban J connectivity index is 2.46. The molecule has 0 bridgehead atoms. The van der Waals surface area contributed by atoms with Gasteiger partial charge in [-0.05, 0) is 32.9 Å². The Morgan fingerprint density at radius 2 is 1.85 bits per heavy atom. The fourth-order valence-corrected chi connectivity index (χ4v) is 1.38. The van der Waals surface area contributed by atoms with E-state index in [1.807, 2.05) is 0 Å². The highest BCUT2D eigenvalue weighted by atomic mass is 19.1. The summed E-state index contributed by atoms with van der Waals surface area (Å²) in [5, 5.41) is 7.11. The predicted octanol–water partition coefficient (Wildman–Crippen LogP) is 2.00. The van der Waals surface area contributed by atoms with Gasteiger partial charge in [0.05, 0.1) is 12.2 Å². The van der Waals surface area contributed by atoms with Gasteiger partial charge < -0.3 is 16.0 Å². The van der Waals surface area contributed by atoms with Gasteiger partial charge in [-0.1, -0.05) is 0 Å². The molecule has 20 heavy (non-hydrogen) atoms. The minimum absolute atomic E-state index is 0.167. The maximum atomic E-state index is 13.3. The van der Waals surface area contributed by atoms with Gasteiger partial charge in [0.25, 0.3) is 0 Å². The predicted molar refractivity (Wildman–Crippen MR) is 71.3 cm³/mol. The molecule has 0 radical (unpaired) electrons. The molecule has 0 aliphatic rings. The maximum absolute atomic E-state index is 13.3. The Bertz CT molecular complexity index is 513. The molecular formula is C13H17F2N3O2. The van der Waals surface area contributed by atoms with Crippen LogP contribution in [0.4, 0.5) is 19.3 Å². The molecule has 0 spiro atoms. The minimum Gasteiger partial charge on any atom is -0.350 e. The topological polar surface area (TPSA) is 70.2 Å². The van der Waals surface area contributed by atoms with E-state index in [-0.39, 0.29) is 18.1 Å². The zero-order valence-electron chi connectivity index (χ0n) is 11.5. The van der Waals surface area contributed by atoms with Crippen LogP contribution in [0.2, 0.25) is 0 Å². The van der Waals surface area contributed by atoms with Gasteiger partial charge in [0.15, 0.2) is 0 Å². The van der Waals surface area contributed by atoms with Crippen molar-refractivity contribution >= 4 is 17.6 Å². The summed E-state index contributed by atoms with van der Waals surface area (Å²) in [6.07, 6.45) is 0. The van der Waals surface area contributed by atoms with Gasteiger partial charge in [-0.15, -0.1) is 0 Å². The molecule has 0 saturated heterocycles. The van der Waals surface area contributed by atoms with Crippen LogP contribution < -0.4 is 16.0 Å². The first kappa shape index (κ1) is 15.9. The van der Waals surface area contributed by atoms with E-state index < -0.39 is 23.2 Å². The Kier molecular flexibility index (Phi) is 5.01. The summed E-state index contributed by atoms with van der Waals surface area (Å²) in [7, 11) is 0. The average Bonchev–Trinajstić information content (AvgIpc) is 2.28. The van der Waals surface area contributed by atoms with Gasteiger partial charge in [-0.2, -0.15) is 0 Å². The van der Waals surface area contributed by atoms with Crippen molar-refractivity contribution in [2.24, 2.45) is 0 Å². The highest BCUT2D eigenvalue weighted by Crippen LogP contribution is 2.14. The molecule has 7 heteroatoms. The fourth-order valence-electron chi connectivity index (χ4n) is 1.38. The molecule has 0 heterocycles. The Morgan fingerprint density at radius 3 is 2.40 bits per heavy atom. The first-order valence-electron chi connectivity index (χ1n) is 5.98. The van der Waals surface area contributed by atoms with Crippen LogP contribution in [0.25, 0.3) is 0 Å². The van der Waals surface area contributed by atoms with Crippen molar-refractivity contribution in [2.45, 2.75) is 26.3 Å². The molecule has 3 amide bonds. The highest BCUT2D eigenvalue weighted by Gasteiger charge is 2.14. The number of hydrogen-bond acceptors (Lipinski definition) is 2. The van der Waals surface area contributed by atoms with E-state index in [0.29, 0.717) is 6.07 Å². The zero-order chi connectivity index (χ0) is 15.3. The number of nitrogens with one attached hydrogen (secondary N) is 3. The van der Waals surface area contributed by atoms with Crippen LogP contribution in [0, 0.1) is 11.6 Å². The molecule has 1 aromatic rings. The molecule has 3 N–H and O–H groups in total. The van der Waals surface area contributed by atoms with Gasteiger partial charge in [0, 0.05) is 11.6 Å². The molecule has 0 unspecified atom stereocenters. The van der Waals surface area contributed by atoms with E-state index in [9.17, 15) is 18.4 Å². The Labute approximate surface area is 115 Å². The highest BCUT2D eigenvalue weighted by molar-refractivity contribution is 5.92. The number of amides is 3. The molecular weight excluding hydrogens is 268 g/mol. The second-order valence-corrected chi connectivity index (χ2v) is 5.23. The normalized spacial score (nSPS) is 10.8. The summed E-state index contributed by atoms with van der Waals surface area (Å²) >= 11 is 0. The standard InChI is InChI=1S/C13H17F2N3O2/c1-13(2,3)18-11(19)7-16-12(20)17-10-5-4-8(14)6-9(10)15/h4-6H,7H2,1-3H3,(H,18,19)(H2,16,17,20). The van der Waals surface area contributed by atoms with E-state index in [0.717, 1.165) is 12.1 Å². The third-order valence-electron chi connectivity index (χ3n) is 2.10. The molecule has 5 nitrogen and oxygen atoms in total. The second-order valence-electron chi connectivity index (χ2n) is 5.23. The monoisotopic (exact) mass is 285 g/mol. The summed E-state index contributed by atoms with van der Waals surface area (Å²) in [5.41, 5.74) is -0.571. The molecule has 0 aromatic heterocycles. The van der Waals surface area contributed by atoms with Crippen LogP contribution in [0.15, 0.2) is 18.2 Å². The van der Waals surface area contributed by atoms with Crippen molar-refractivity contribution in [3.63, 3.8) is 0 Å². The van der Waals surface area contributed by atoms with Crippen LogP contribution in [-0.2, 0) is 4.79 Å². The van der Waals surface area contributed by atoms with Crippen molar-refractivity contribution < 1.29 is 18.4 Å². The lowest BCUT2D eigenvalue weighted by atomic mass is 10.1. The molecule has 0 fully saturated rings. The molecule has 0 aliphatic carbocycles. The smallest absolute Gasteiger partial charge is 0.319 e. The van der Waals surface area contributed by atoms with Crippen LogP contribution in [-0.4, -0.2) is 24.0 Å². The van der Waals surface area contributed by atoms with Gasteiger partial charge >= 0.3 is 6.03 Å². The molecule has 0 atom stereocenters. The number of hydrogen-bond donors (Lipinski definition) is 3. The number of carbonyl (C=O) groups excluding carboxylic acids is 2. The minimum atomic E-state index is -0.890. The van der Waals surface area contributed by atoms with E-state index in [1.54, 1.807) is 20.8 Å². The summed E-state index contributed by atoms with van der Waals surface area (Å²) in [6, 6.07) is 2.02. The Hall–Kier alpha value is -2.18. The molecule has 110 valence electrons. The van der Waals surface area contributed by atoms with Gasteiger partial charge in [0.2, 0.25) is 5.91 Å². The summed E-state index contributed by atoms with van der Waals surface area (Å²) in [6.45, 7) is 5.17. The van der Waals surface area contributed by atoms with E-state index >= 15 is 0 Å². The van der Waals surface area contributed by atoms with Crippen LogP contribution in [0.1, 0.15) is 20.8 Å². The van der Waals surface area contributed by atoms with Gasteiger partial charge in [-0.25, -0.2) is 13.6 Å². The van der Waals surface area contributed by atoms with Crippen LogP contribution in [0.5, 0.6) is 0 Å². The van der Waals surface area contributed by atoms with Gasteiger partial charge in [0.1, 0.15) is 11.6 Å². The first-order valence-corrected chi connectivity index (χ1v) is 5.98. The number of rotatable bonds is 3. The van der Waals surface area contributed by atoms with Crippen LogP contribution in [0.3, 0.4) is 0 Å². The SMILES string of the molecule is CC(C)(C)NC(=O)CNC(=O)Nc1ccc(F)cc1F. The number of carbonyl (C=O) groups is 2. The van der Waals surface area contributed by atoms with Crippen molar-refractivity contribution in [3.8, 4) is 0 Å². The third-order valence-corrected chi connectivity index (χ3v) is 2.10. The van der Waals surface area contributed by atoms with Crippen molar-refractivity contribution in [3.05, 3.63) is 29.8 Å². The third kappa shape index (κ3) is 5.64. The number of halogens is 2. The number of anilines is 1. The average molecular weight is 285 g/mol. The molecule has 0 saturated carbocycles. The lowest BCUT2D eigenvalue weighted by molar-refractivity contribution is -0.121. The van der Waals surface area contributed by atoms with E-state index in [2.05, 4.69) is 16.0 Å². The quantitative estimate of drug-likeness (QED) is 0.795. The van der Waals surface area contributed by atoms with Crippen molar-refractivity contribution in [1.29, 1.82) is 0 Å². The fraction of sp³-hybridized carbons (Fsp3) is 0.385. The Morgan fingerprint density at radius 1 is 1.20 bits per heavy atom. The van der Waals surface area contributed by atoms with E-state index in [4.69, 9.17) is 0 Å². The van der Waals surface area contributed by atoms with Crippen molar-refractivity contribution in [1.82, 2.24) is 10.6 Å². The molecule has 1 rings (SSSR count). The first-order chi connectivity index (χ1) is 9.17.